The van der Waals surface area contributed by atoms with Gasteiger partial charge >= 0.3 is 0 Å². The largest absolute Gasteiger partial charge is 0.383 e. The molecule has 0 amide bonds. The molecule has 90 valence electrons. The lowest BCUT2D eigenvalue weighted by atomic mass is 10.3. The average molecular weight is 244 g/mol. The van der Waals surface area contributed by atoms with Gasteiger partial charge < -0.3 is 9.64 Å². The Morgan fingerprint density at radius 3 is 2.81 bits per heavy atom. The summed E-state index contributed by atoms with van der Waals surface area (Å²) >= 11 is 6.10. The first-order valence-electron chi connectivity index (χ1n) is 5.19. The number of hydrogen-bond donors (Lipinski definition) is 0. The van der Waals surface area contributed by atoms with Crippen LogP contribution >= 0.6 is 11.6 Å². The fourth-order valence-electron chi connectivity index (χ4n) is 1.50. The quantitative estimate of drug-likeness (QED) is 0.739. The van der Waals surface area contributed by atoms with Crippen LogP contribution in [0.5, 0.6) is 0 Å². The van der Waals surface area contributed by atoms with Crippen LogP contribution in [0.25, 0.3) is 0 Å². The molecule has 0 saturated carbocycles. The van der Waals surface area contributed by atoms with Gasteiger partial charge in [-0.05, 0) is 13.8 Å². The van der Waals surface area contributed by atoms with Crippen LogP contribution in [0.4, 0.5) is 5.82 Å². The van der Waals surface area contributed by atoms with Crippen molar-refractivity contribution >= 4 is 17.4 Å². The molecular formula is C11H18ClN3O. The van der Waals surface area contributed by atoms with E-state index in [1.807, 2.05) is 25.8 Å². The minimum Gasteiger partial charge on any atom is -0.383 e. The van der Waals surface area contributed by atoms with Gasteiger partial charge in [-0.25, -0.2) is 4.98 Å². The van der Waals surface area contributed by atoms with E-state index in [2.05, 4.69) is 9.97 Å². The second-order valence-electron chi connectivity index (χ2n) is 3.85. The van der Waals surface area contributed by atoms with Crippen molar-refractivity contribution in [3.05, 3.63) is 17.6 Å². The van der Waals surface area contributed by atoms with Crippen molar-refractivity contribution in [1.82, 2.24) is 9.97 Å². The summed E-state index contributed by atoms with van der Waals surface area (Å²) in [6.45, 7) is 5.09. The van der Waals surface area contributed by atoms with E-state index in [0.29, 0.717) is 13.2 Å². The van der Waals surface area contributed by atoms with E-state index in [1.165, 1.54) is 0 Å². The molecule has 4 nitrogen and oxygen atoms in total. The third-order valence-corrected chi connectivity index (χ3v) is 2.50. The van der Waals surface area contributed by atoms with Crippen LogP contribution in [-0.4, -0.2) is 42.7 Å². The maximum absolute atomic E-state index is 6.10. The molecule has 0 fully saturated rings. The van der Waals surface area contributed by atoms with E-state index in [-0.39, 0.29) is 5.38 Å². The van der Waals surface area contributed by atoms with Gasteiger partial charge in [0.1, 0.15) is 5.82 Å². The molecule has 1 aromatic rings. The van der Waals surface area contributed by atoms with Gasteiger partial charge in [0.2, 0.25) is 0 Å². The zero-order valence-electron chi connectivity index (χ0n) is 10.2. The van der Waals surface area contributed by atoms with Gasteiger partial charge in [0.05, 0.1) is 23.4 Å². The molecule has 0 aliphatic carbocycles. The highest BCUT2D eigenvalue weighted by molar-refractivity contribution is 6.21. The number of halogens is 1. The minimum absolute atomic E-state index is 0.0447. The van der Waals surface area contributed by atoms with Gasteiger partial charge in [0, 0.05) is 26.9 Å². The number of nitrogens with zero attached hydrogens (tertiary/aromatic N) is 3. The summed E-state index contributed by atoms with van der Waals surface area (Å²) in [6.07, 6.45) is 1.76. The van der Waals surface area contributed by atoms with Crippen LogP contribution in [0.1, 0.15) is 11.4 Å². The topological polar surface area (TPSA) is 38.2 Å². The first kappa shape index (κ1) is 13.2. The molecular weight excluding hydrogens is 226 g/mol. The number of methoxy groups -OCH3 is 1. The molecule has 0 saturated heterocycles. The number of anilines is 1. The van der Waals surface area contributed by atoms with Crippen LogP contribution in [-0.2, 0) is 4.74 Å². The van der Waals surface area contributed by atoms with Gasteiger partial charge in [-0.3, -0.25) is 4.98 Å². The summed E-state index contributed by atoms with van der Waals surface area (Å²) in [5.41, 5.74) is 1.82. The maximum Gasteiger partial charge on any atom is 0.150 e. The van der Waals surface area contributed by atoms with Crippen LogP contribution in [0.3, 0.4) is 0 Å². The summed E-state index contributed by atoms with van der Waals surface area (Å²) in [5.74, 6) is 0.877. The second-order valence-corrected chi connectivity index (χ2v) is 4.47. The number of ether oxygens (including phenoxy) is 1. The molecule has 0 bridgehead atoms. The van der Waals surface area contributed by atoms with E-state index < -0.39 is 0 Å². The fraction of sp³-hybridized carbons (Fsp3) is 0.636. The van der Waals surface area contributed by atoms with Crippen molar-refractivity contribution in [3.8, 4) is 0 Å². The summed E-state index contributed by atoms with van der Waals surface area (Å²) in [5, 5.41) is -0.0447. The zero-order valence-corrected chi connectivity index (χ0v) is 11.0. The Balaban J connectivity index is 2.72. The highest BCUT2D eigenvalue weighted by Gasteiger charge is 2.12. The van der Waals surface area contributed by atoms with Crippen molar-refractivity contribution in [2.75, 3.05) is 32.2 Å². The lowest BCUT2D eigenvalue weighted by Gasteiger charge is -2.22. The Morgan fingerprint density at radius 2 is 2.19 bits per heavy atom. The Kier molecular flexibility index (Phi) is 4.96. The van der Waals surface area contributed by atoms with Gasteiger partial charge in [-0.1, -0.05) is 0 Å². The number of alkyl halides is 1. The predicted octanol–water partition coefficient (Wildman–Crippen LogP) is 1.78. The molecule has 0 aromatic carbocycles. The van der Waals surface area contributed by atoms with Crippen molar-refractivity contribution in [3.63, 3.8) is 0 Å². The lowest BCUT2D eigenvalue weighted by molar-refractivity contribution is 0.199. The van der Waals surface area contributed by atoms with Crippen molar-refractivity contribution in [1.29, 1.82) is 0 Å². The lowest BCUT2D eigenvalue weighted by Crippen LogP contribution is -2.30. The van der Waals surface area contributed by atoms with Gasteiger partial charge in [-0.2, -0.15) is 0 Å². The molecule has 1 rings (SSSR count). The van der Waals surface area contributed by atoms with E-state index in [0.717, 1.165) is 17.2 Å². The van der Waals surface area contributed by atoms with Crippen LogP contribution in [0.2, 0.25) is 0 Å². The Bertz CT molecular complexity index is 346. The predicted molar refractivity (Wildman–Crippen MR) is 66.3 cm³/mol. The molecule has 0 spiro atoms. The number of rotatable bonds is 5. The van der Waals surface area contributed by atoms with Crippen molar-refractivity contribution in [2.24, 2.45) is 0 Å². The SMILES string of the molecule is COCC(Cl)CN(C)c1nc(C)cnc1C. The standard InChI is InChI=1S/C11H18ClN3O/c1-8-5-13-9(2)11(14-8)15(3)6-10(12)7-16-4/h5,10H,6-7H2,1-4H3. The summed E-state index contributed by atoms with van der Waals surface area (Å²) in [4.78, 5) is 10.7. The van der Waals surface area contributed by atoms with Gasteiger partial charge in [-0.15, -0.1) is 11.6 Å². The van der Waals surface area contributed by atoms with Crippen LogP contribution < -0.4 is 4.90 Å². The normalized spacial score (nSPS) is 12.6. The highest BCUT2D eigenvalue weighted by Crippen LogP contribution is 2.14. The molecule has 1 aromatic heterocycles. The van der Waals surface area contributed by atoms with Gasteiger partial charge in [0.15, 0.2) is 0 Å². The minimum atomic E-state index is -0.0447. The monoisotopic (exact) mass is 243 g/mol. The third-order valence-electron chi connectivity index (χ3n) is 2.23. The average Bonchev–Trinajstić information content (AvgIpc) is 2.21. The van der Waals surface area contributed by atoms with Crippen LogP contribution in [0, 0.1) is 13.8 Å². The fourth-order valence-corrected chi connectivity index (χ4v) is 1.84. The number of aryl methyl sites for hydroxylation is 2. The molecule has 1 heterocycles. The molecule has 0 aliphatic heterocycles. The molecule has 16 heavy (non-hydrogen) atoms. The highest BCUT2D eigenvalue weighted by atomic mass is 35.5. The summed E-state index contributed by atoms with van der Waals surface area (Å²) in [7, 11) is 3.61. The Labute approximate surface area is 102 Å². The van der Waals surface area contributed by atoms with E-state index >= 15 is 0 Å². The smallest absolute Gasteiger partial charge is 0.150 e. The first-order valence-corrected chi connectivity index (χ1v) is 5.62. The zero-order chi connectivity index (χ0) is 12.1. The van der Waals surface area contributed by atoms with Crippen molar-refractivity contribution in [2.45, 2.75) is 19.2 Å². The molecule has 1 atom stereocenters. The van der Waals surface area contributed by atoms with E-state index in [4.69, 9.17) is 16.3 Å². The van der Waals surface area contributed by atoms with Crippen LogP contribution in [0.15, 0.2) is 6.20 Å². The molecule has 0 N–H and O–H groups in total. The van der Waals surface area contributed by atoms with Crippen molar-refractivity contribution < 1.29 is 4.74 Å². The van der Waals surface area contributed by atoms with E-state index in [1.54, 1.807) is 13.3 Å². The summed E-state index contributed by atoms with van der Waals surface area (Å²) < 4.78 is 5.00. The Hall–Kier alpha value is -0.870. The third kappa shape index (κ3) is 3.61. The molecule has 0 radical (unpaired) electrons. The number of hydrogen-bond acceptors (Lipinski definition) is 4. The van der Waals surface area contributed by atoms with E-state index in [9.17, 15) is 0 Å². The number of aromatic nitrogens is 2. The maximum atomic E-state index is 6.10. The molecule has 0 aliphatic rings. The van der Waals surface area contributed by atoms with Gasteiger partial charge in [0.25, 0.3) is 0 Å². The molecule has 1 unspecified atom stereocenters. The summed E-state index contributed by atoms with van der Waals surface area (Å²) in [6, 6.07) is 0. The first-order chi connectivity index (χ1) is 7.54. The second kappa shape index (κ2) is 6.01. The Morgan fingerprint density at radius 1 is 1.50 bits per heavy atom. The molecule has 5 heteroatoms.